The minimum absolute atomic E-state index is 0.148. The van der Waals surface area contributed by atoms with Gasteiger partial charge in [-0.05, 0) is 36.8 Å². The maximum atomic E-state index is 12.4. The summed E-state index contributed by atoms with van der Waals surface area (Å²) in [7, 11) is 1.76. The molecule has 1 N–H and O–H groups in total. The Morgan fingerprint density at radius 3 is 2.50 bits per heavy atom. The van der Waals surface area contributed by atoms with Gasteiger partial charge in [-0.15, -0.1) is 0 Å². The number of para-hydroxylation sites is 1. The van der Waals surface area contributed by atoms with E-state index in [0.29, 0.717) is 19.2 Å². The number of rotatable bonds is 7. The van der Waals surface area contributed by atoms with Crippen LogP contribution in [0.5, 0.6) is 5.75 Å². The monoisotopic (exact) mass is 383 g/mol. The van der Waals surface area contributed by atoms with Crippen molar-refractivity contribution in [2.75, 3.05) is 51.8 Å². The van der Waals surface area contributed by atoms with Gasteiger partial charge >= 0.3 is 6.03 Å². The van der Waals surface area contributed by atoms with E-state index in [2.05, 4.69) is 29.3 Å². The Kier molecular flexibility index (Phi) is 7.28. The van der Waals surface area contributed by atoms with Crippen LogP contribution in [0.25, 0.3) is 0 Å². The van der Waals surface area contributed by atoms with E-state index in [4.69, 9.17) is 9.47 Å². The molecule has 2 aromatic carbocycles. The molecule has 150 valence electrons. The van der Waals surface area contributed by atoms with Crippen molar-refractivity contribution in [3.05, 3.63) is 60.2 Å². The van der Waals surface area contributed by atoms with Crippen molar-refractivity contribution in [3.8, 4) is 5.75 Å². The number of urea groups is 1. The zero-order chi connectivity index (χ0) is 19.8. The smallest absolute Gasteiger partial charge is 0.321 e. The predicted octanol–water partition coefficient (Wildman–Crippen LogP) is 3.62. The van der Waals surface area contributed by atoms with Crippen molar-refractivity contribution in [1.29, 1.82) is 0 Å². The Morgan fingerprint density at radius 1 is 1.14 bits per heavy atom. The number of likely N-dealkylation sites (N-methyl/N-ethyl adjacent to an activating group) is 1. The predicted molar refractivity (Wildman–Crippen MR) is 111 cm³/mol. The lowest BCUT2D eigenvalue weighted by Gasteiger charge is -2.32. The Hall–Kier alpha value is -2.57. The molecule has 1 saturated heterocycles. The molecule has 2 amide bonds. The molecule has 28 heavy (non-hydrogen) atoms. The molecule has 1 fully saturated rings. The molecule has 0 aliphatic carbocycles. The van der Waals surface area contributed by atoms with Crippen LogP contribution in [0.2, 0.25) is 0 Å². The van der Waals surface area contributed by atoms with Crippen molar-refractivity contribution in [1.82, 2.24) is 9.80 Å². The van der Waals surface area contributed by atoms with Gasteiger partial charge in [0.2, 0.25) is 0 Å². The molecule has 0 aromatic heterocycles. The third kappa shape index (κ3) is 5.71. The van der Waals surface area contributed by atoms with E-state index in [0.717, 1.165) is 37.7 Å². The summed E-state index contributed by atoms with van der Waals surface area (Å²) in [6.45, 7) is 6.65. The van der Waals surface area contributed by atoms with Crippen LogP contribution in [0.1, 0.15) is 18.5 Å². The Bertz CT molecular complexity index is 730. The van der Waals surface area contributed by atoms with Crippen molar-refractivity contribution < 1.29 is 14.3 Å². The number of morpholine rings is 1. The molecule has 0 radical (unpaired) electrons. The van der Waals surface area contributed by atoms with Crippen LogP contribution in [0.4, 0.5) is 10.5 Å². The van der Waals surface area contributed by atoms with E-state index in [9.17, 15) is 4.79 Å². The number of nitrogens with zero attached hydrogens (tertiary/aromatic N) is 2. The van der Waals surface area contributed by atoms with Crippen LogP contribution in [0.3, 0.4) is 0 Å². The lowest BCUT2D eigenvalue weighted by atomic mass is 10.1. The highest BCUT2D eigenvalue weighted by Crippen LogP contribution is 2.22. The average Bonchev–Trinajstić information content (AvgIpc) is 2.75. The molecule has 1 aliphatic heterocycles. The third-order valence-corrected chi connectivity index (χ3v) is 5.02. The third-order valence-electron chi connectivity index (χ3n) is 5.02. The normalized spacial score (nSPS) is 15.6. The molecular weight excluding hydrogens is 354 g/mol. The summed E-state index contributed by atoms with van der Waals surface area (Å²) < 4.78 is 11.1. The van der Waals surface area contributed by atoms with Gasteiger partial charge in [0, 0.05) is 31.9 Å². The highest BCUT2D eigenvalue weighted by Gasteiger charge is 2.18. The summed E-state index contributed by atoms with van der Waals surface area (Å²) in [5.41, 5.74) is 2.03. The van der Waals surface area contributed by atoms with Gasteiger partial charge in [0.1, 0.15) is 12.4 Å². The molecule has 0 saturated carbocycles. The van der Waals surface area contributed by atoms with Crippen LogP contribution in [-0.4, -0.2) is 62.3 Å². The Balaban J connectivity index is 1.45. The summed E-state index contributed by atoms with van der Waals surface area (Å²) in [4.78, 5) is 16.4. The summed E-state index contributed by atoms with van der Waals surface area (Å²) >= 11 is 0. The number of ether oxygens (including phenoxy) is 2. The molecular formula is C22H29N3O3. The number of carbonyl (C=O) groups is 1. The van der Waals surface area contributed by atoms with Gasteiger partial charge in [0.05, 0.1) is 19.8 Å². The largest absolute Gasteiger partial charge is 0.492 e. The molecule has 3 rings (SSSR count). The summed E-state index contributed by atoms with van der Waals surface area (Å²) in [6, 6.07) is 17.9. The molecule has 6 heteroatoms. The van der Waals surface area contributed by atoms with E-state index in [1.54, 1.807) is 11.9 Å². The first-order valence-corrected chi connectivity index (χ1v) is 9.75. The Morgan fingerprint density at radius 2 is 1.82 bits per heavy atom. The van der Waals surface area contributed by atoms with E-state index < -0.39 is 0 Å². The van der Waals surface area contributed by atoms with Gasteiger partial charge < -0.3 is 19.7 Å². The maximum Gasteiger partial charge on any atom is 0.321 e. The number of amides is 2. The van der Waals surface area contributed by atoms with Crippen molar-refractivity contribution in [3.63, 3.8) is 0 Å². The van der Waals surface area contributed by atoms with E-state index in [1.807, 2.05) is 42.5 Å². The minimum atomic E-state index is -0.148. The molecule has 2 aromatic rings. The number of anilines is 1. The number of hydrogen-bond acceptors (Lipinski definition) is 4. The minimum Gasteiger partial charge on any atom is -0.492 e. The number of nitrogens with one attached hydrogen (secondary N) is 1. The lowest BCUT2D eigenvalue weighted by Crippen LogP contribution is -2.38. The zero-order valence-electron chi connectivity index (χ0n) is 16.6. The zero-order valence-corrected chi connectivity index (χ0v) is 16.6. The summed E-state index contributed by atoms with van der Waals surface area (Å²) in [5.74, 6) is 0.807. The van der Waals surface area contributed by atoms with Crippen molar-refractivity contribution in [2.45, 2.75) is 13.0 Å². The highest BCUT2D eigenvalue weighted by molar-refractivity contribution is 5.89. The molecule has 1 aliphatic rings. The van der Waals surface area contributed by atoms with Gasteiger partial charge in [-0.3, -0.25) is 4.90 Å². The molecule has 1 atom stereocenters. The van der Waals surface area contributed by atoms with E-state index in [-0.39, 0.29) is 6.03 Å². The van der Waals surface area contributed by atoms with Crippen LogP contribution in [0.15, 0.2) is 54.6 Å². The van der Waals surface area contributed by atoms with Gasteiger partial charge in [0.25, 0.3) is 0 Å². The van der Waals surface area contributed by atoms with Gasteiger partial charge in [0.15, 0.2) is 0 Å². The molecule has 1 heterocycles. The Labute approximate surface area is 167 Å². The summed E-state index contributed by atoms with van der Waals surface area (Å²) in [6.07, 6.45) is 0. The van der Waals surface area contributed by atoms with Gasteiger partial charge in [-0.25, -0.2) is 4.79 Å². The average molecular weight is 383 g/mol. The molecule has 0 spiro atoms. The topological polar surface area (TPSA) is 54.0 Å². The van der Waals surface area contributed by atoms with Gasteiger partial charge in [-0.2, -0.15) is 0 Å². The SMILES string of the molecule is CC(c1ccc(NC(=O)N(C)CCOc2ccccc2)cc1)N1CCOCC1. The fraction of sp³-hybridized carbons (Fsp3) is 0.409. The lowest BCUT2D eigenvalue weighted by molar-refractivity contribution is 0.0198. The second-order valence-corrected chi connectivity index (χ2v) is 6.96. The molecule has 6 nitrogen and oxygen atoms in total. The van der Waals surface area contributed by atoms with Crippen LogP contribution >= 0.6 is 0 Å². The van der Waals surface area contributed by atoms with Crippen LogP contribution < -0.4 is 10.1 Å². The maximum absolute atomic E-state index is 12.4. The highest BCUT2D eigenvalue weighted by atomic mass is 16.5. The standard InChI is InChI=1S/C22H29N3O3/c1-18(25-13-15-27-16-14-25)19-8-10-20(11-9-19)23-22(26)24(2)12-17-28-21-6-4-3-5-7-21/h3-11,18H,12-17H2,1-2H3,(H,23,26). The van der Waals surface area contributed by atoms with E-state index >= 15 is 0 Å². The fourth-order valence-corrected chi connectivity index (χ4v) is 3.16. The number of hydrogen-bond donors (Lipinski definition) is 1. The van der Waals surface area contributed by atoms with Crippen LogP contribution in [-0.2, 0) is 4.74 Å². The first kappa shape index (κ1) is 20.2. The first-order chi connectivity index (χ1) is 13.6. The van der Waals surface area contributed by atoms with Crippen molar-refractivity contribution in [2.24, 2.45) is 0 Å². The number of benzene rings is 2. The van der Waals surface area contributed by atoms with Crippen molar-refractivity contribution >= 4 is 11.7 Å². The summed E-state index contributed by atoms with van der Waals surface area (Å²) in [5, 5.41) is 2.93. The number of carbonyl (C=O) groups excluding carboxylic acids is 1. The van der Waals surface area contributed by atoms with Gasteiger partial charge in [-0.1, -0.05) is 30.3 Å². The first-order valence-electron chi connectivity index (χ1n) is 9.75. The second kappa shape index (κ2) is 10.1. The quantitative estimate of drug-likeness (QED) is 0.793. The second-order valence-electron chi connectivity index (χ2n) is 6.96. The van der Waals surface area contributed by atoms with Crippen LogP contribution in [0, 0.1) is 0 Å². The van der Waals surface area contributed by atoms with E-state index in [1.165, 1.54) is 5.56 Å². The fourth-order valence-electron chi connectivity index (χ4n) is 3.16. The molecule has 0 bridgehead atoms. The molecule has 1 unspecified atom stereocenters.